The van der Waals surface area contributed by atoms with Gasteiger partial charge in [0.15, 0.2) is 0 Å². The average Bonchev–Trinajstić information content (AvgIpc) is 2.00. The van der Waals surface area contributed by atoms with Crippen LogP contribution in [-0.2, 0) is 0 Å². The number of hydrogen-bond acceptors (Lipinski definition) is 2. The molecule has 2 nitrogen and oxygen atoms in total. The molecule has 11 heavy (non-hydrogen) atoms. The first-order valence-electron chi connectivity index (χ1n) is 4.49. The normalized spacial score (nSPS) is 16.4. The molecule has 0 rings (SSSR count). The van der Waals surface area contributed by atoms with E-state index in [-0.39, 0.29) is 6.61 Å². The molecule has 0 radical (unpaired) electrons. The van der Waals surface area contributed by atoms with Crippen LogP contribution >= 0.6 is 0 Å². The molecular formula is C9H20O2. The second-order valence-corrected chi connectivity index (χ2v) is 3.32. The van der Waals surface area contributed by atoms with Gasteiger partial charge in [0.25, 0.3) is 0 Å². The number of unbranched alkanes of at least 4 members (excludes halogenated alkanes) is 1. The summed E-state index contributed by atoms with van der Waals surface area (Å²) in [7, 11) is 0. The maximum Gasteiger partial charge on any atom is 0.0773 e. The molecular weight excluding hydrogens is 140 g/mol. The zero-order valence-electron chi connectivity index (χ0n) is 7.58. The highest BCUT2D eigenvalue weighted by Gasteiger charge is 2.07. The third-order valence-electron chi connectivity index (χ3n) is 1.94. The monoisotopic (exact) mass is 160 g/mol. The molecule has 0 amide bonds. The molecule has 0 aliphatic heterocycles. The molecule has 0 spiro atoms. The third-order valence-corrected chi connectivity index (χ3v) is 1.94. The first kappa shape index (κ1) is 10.9. The van der Waals surface area contributed by atoms with E-state index in [1.54, 1.807) is 0 Å². The minimum Gasteiger partial charge on any atom is -0.394 e. The SMILES string of the molecule is CCCCC(C)CC(O)CO. The van der Waals surface area contributed by atoms with E-state index in [4.69, 9.17) is 10.2 Å². The molecule has 2 unspecified atom stereocenters. The highest BCUT2D eigenvalue weighted by molar-refractivity contribution is 4.59. The van der Waals surface area contributed by atoms with Gasteiger partial charge in [-0.2, -0.15) is 0 Å². The Labute approximate surface area is 69.2 Å². The molecule has 0 saturated carbocycles. The van der Waals surface area contributed by atoms with Gasteiger partial charge in [-0.05, 0) is 12.3 Å². The van der Waals surface area contributed by atoms with Crippen LogP contribution in [0.15, 0.2) is 0 Å². The van der Waals surface area contributed by atoms with Crippen LogP contribution in [0.5, 0.6) is 0 Å². The van der Waals surface area contributed by atoms with Crippen LogP contribution in [0.4, 0.5) is 0 Å². The van der Waals surface area contributed by atoms with Gasteiger partial charge >= 0.3 is 0 Å². The van der Waals surface area contributed by atoms with Gasteiger partial charge < -0.3 is 10.2 Å². The fourth-order valence-corrected chi connectivity index (χ4v) is 1.21. The fourth-order valence-electron chi connectivity index (χ4n) is 1.21. The molecule has 0 heterocycles. The maximum absolute atomic E-state index is 9.08. The lowest BCUT2D eigenvalue weighted by Gasteiger charge is -2.13. The van der Waals surface area contributed by atoms with Gasteiger partial charge in [0.1, 0.15) is 0 Å². The summed E-state index contributed by atoms with van der Waals surface area (Å²) in [6, 6.07) is 0. The van der Waals surface area contributed by atoms with Crippen molar-refractivity contribution in [2.45, 2.75) is 45.6 Å². The molecule has 0 bridgehead atoms. The summed E-state index contributed by atoms with van der Waals surface area (Å²) in [6.07, 6.45) is 3.81. The van der Waals surface area contributed by atoms with Gasteiger partial charge in [0.2, 0.25) is 0 Å². The van der Waals surface area contributed by atoms with Gasteiger partial charge in [-0.1, -0.05) is 33.1 Å². The Bertz CT molecular complexity index is 83.6. The lowest BCUT2D eigenvalue weighted by atomic mass is 9.98. The van der Waals surface area contributed by atoms with Crippen molar-refractivity contribution in [1.29, 1.82) is 0 Å². The highest BCUT2D eigenvalue weighted by Crippen LogP contribution is 2.13. The van der Waals surface area contributed by atoms with Gasteiger partial charge in [-0.3, -0.25) is 0 Å². The minimum atomic E-state index is -0.512. The van der Waals surface area contributed by atoms with Crippen molar-refractivity contribution >= 4 is 0 Å². The number of hydrogen-bond donors (Lipinski definition) is 2. The Balaban J connectivity index is 3.27. The molecule has 0 aromatic rings. The van der Waals surface area contributed by atoms with E-state index in [9.17, 15) is 0 Å². The van der Waals surface area contributed by atoms with Crippen LogP contribution in [0.25, 0.3) is 0 Å². The standard InChI is InChI=1S/C9H20O2/c1-3-4-5-8(2)6-9(11)7-10/h8-11H,3-7H2,1-2H3. The van der Waals surface area contributed by atoms with E-state index in [0.29, 0.717) is 5.92 Å². The zero-order chi connectivity index (χ0) is 8.69. The Morgan fingerprint density at radius 2 is 2.00 bits per heavy atom. The predicted octanol–water partition coefficient (Wildman–Crippen LogP) is 1.56. The second kappa shape index (κ2) is 6.62. The summed E-state index contributed by atoms with van der Waals surface area (Å²) in [4.78, 5) is 0. The summed E-state index contributed by atoms with van der Waals surface area (Å²) in [5, 5.41) is 17.6. The molecule has 2 atom stereocenters. The van der Waals surface area contributed by atoms with Crippen LogP contribution in [0.1, 0.15) is 39.5 Å². The lowest BCUT2D eigenvalue weighted by molar-refractivity contribution is 0.0748. The Hall–Kier alpha value is -0.0800. The topological polar surface area (TPSA) is 40.5 Å². The van der Waals surface area contributed by atoms with Gasteiger partial charge in [0, 0.05) is 0 Å². The molecule has 0 aromatic heterocycles. The van der Waals surface area contributed by atoms with Crippen molar-refractivity contribution in [3.05, 3.63) is 0 Å². The van der Waals surface area contributed by atoms with Gasteiger partial charge in [0.05, 0.1) is 12.7 Å². The molecule has 68 valence electrons. The quantitative estimate of drug-likeness (QED) is 0.619. The van der Waals surface area contributed by atoms with Crippen molar-refractivity contribution in [2.24, 2.45) is 5.92 Å². The van der Waals surface area contributed by atoms with Crippen LogP contribution in [0, 0.1) is 5.92 Å². The van der Waals surface area contributed by atoms with E-state index >= 15 is 0 Å². The Kier molecular flexibility index (Phi) is 6.57. The highest BCUT2D eigenvalue weighted by atomic mass is 16.3. The van der Waals surface area contributed by atoms with Crippen molar-refractivity contribution in [1.82, 2.24) is 0 Å². The Morgan fingerprint density at radius 1 is 1.36 bits per heavy atom. The molecule has 0 fully saturated rings. The van der Waals surface area contributed by atoms with Gasteiger partial charge in [-0.15, -0.1) is 0 Å². The van der Waals surface area contributed by atoms with Gasteiger partial charge in [-0.25, -0.2) is 0 Å². The summed E-state index contributed by atoms with van der Waals surface area (Å²) >= 11 is 0. The van der Waals surface area contributed by atoms with E-state index in [0.717, 1.165) is 12.8 Å². The third kappa shape index (κ3) is 6.32. The predicted molar refractivity (Wildman–Crippen MR) is 46.4 cm³/mol. The van der Waals surface area contributed by atoms with Crippen LogP contribution in [0.2, 0.25) is 0 Å². The smallest absolute Gasteiger partial charge is 0.0773 e. The summed E-state index contributed by atoms with van der Waals surface area (Å²) in [5.74, 6) is 0.539. The largest absolute Gasteiger partial charge is 0.394 e. The molecule has 2 N–H and O–H groups in total. The van der Waals surface area contributed by atoms with E-state index in [1.165, 1.54) is 12.8 Å². The lowest BCUT2D eigenvalue weighted by Crippen LogP contribution is -2.15. The van der Waals surface area contributed by atoms with E-state index in [1.807, 2.05) is 0 Å². The number of aliphatic hydroxyl groups excluding tert-OH is 2. The molecule has 2 heteroatoms. The van der Waals surface area contributed by atoms with Crippen molar-refractivity contribution < 1.29 is 10.2 Å². The van der Waals surface area contributed by atoms with Crippen LogP contribution < -0.4 is 0 Å². The first-order chi connectivity index (χ1) is 5.20. The minimum absolute atomic E-state index is 0.101. The fraction of sp³-hybridized carbons (Fsp3) is 1.00. The number of aliphatic hydroxyl groups is 2. The first-order valence-corrected chi connectivity index (χ1v) is 4.49. The molecule has 0 aromatic carbocycles. The van der Waals surface area contributed by atoms with Crippen molar-refractivity contribution in [3.63, 3.8) is 0 Å². The Morgan fingerprint density at radius 3 is 2.45 bits per heavy atom. The summed E-state index contributed by atoms with van der Waals surface area (Å²) in [5.41, 5.74) is 0. The molecule has 0 saturated heterocycles. The zero-order valence-corrected chi connectivity index (χ0v) is 7.58. The summed E-state index contributed by atoms with van der Waals surface area (Å²) in [6.45, 7) is 4.18. The van der Waals surface area contributed by atoms with Crippen molar-refractivity contribution in [3.8, 4) is 0 Å². The van der Waals surface area contributed by atoms with Crippen molar-refractivity contribution in [2.75, 3.05) is 6.61 Å². The molecule has 0 aliphatic rings. The van der Waals surface area contributed by atoms with E-state index < -0.39 is 6.10 Å². The molecule has 0 aliphatic carbocycles. The average molecular weight is 160 g/mol. The maximum atomic E-state index is 9.08. The summed E-state index contributed by atoms with van der Waals surface area (Å²) < 4.78 is 0. The van der Waals surface area contributed by atoms with Crippen LogP contribution in [-0.4, -0.2) is 22.9 Å². The number of rotatable bonds is 6. The second-order valence-electron chi connectivity index (χ2n) is 3.32. The van der Waals surface area contributed by atoms with Crippen LogP contribution in [0.3, 0.4) is 0 Å². The van der Waals surface area contributed by atoms with E-state index in [2.05, 4.69) is 13.8 Å².